The molecule has 0 radical (unpaired) electrons. The zero-order valence-electron chi connectivity index (χ0n) is 8.87. The van der Waals surface area contributed by atoms with Gasteiger partial charge in [0.15, 0.2) is 0 Å². The Labute approximate surface area is 102 Å². The van der Waals surface area contributed by atoms with Crippen molar-refractivity contribution in [1.29, 1.82) is 0 Å². The van der Waals surface area contributed by atoms with Gasteiger partial charge in [-0.15, -0.1) is 0 Å². The fraction of sp³-hybridized carbons (Fsp3) is 0.0909. The quantitative estimate of drug-likeness (QED) is 0.508. The number of nitrogens with one attached hydrogen (secondary N) is 1. The van der Waals surface area contributed by atoms with Crippen LogP contribution in [0.4, 0.5) is 4.39 Å². The highest BCUT2D eigenvalue weighted by Crippen LogP contribution is 2.21. The van der Waals surface area contributed by atoms with E-state index in [1.54, 1.807) is 0 Å². The van der Waals surface area contributed by atoms with E-state index in [4.69, 9.17) is 11.6 Å². The van der Waals surface area contributed by atoms with Gasteiger partial charge < -0.3 is 10.1 Å². The number of carbonyl (C=O) groups is 2. The molecule has 1 amide bonds. The highest BCUT2D eigenvalue weighted by Gasteiger charge is 2.12. The Balaban J connectivity index is 3.21. The first-order chi connectivity index (χ1) is 8.10. The van der Waals surface area contributed by atoms with Gasteiger partial charge in [-0.1, -0.05) is 17.7 Å². The maximum Gasteiger partial charge on any atom is 0.354 e. The van der Waals surface area contributed by atoms with E-state index in [1.165, 1.54) is 18.2 Å². The molecule has 1 N–H and O–H groups in total. The number of amides is 1. The van der Waals surface area contributed by atoms with Gasteiger partial charge in [0, 0.05) is 5.56 Å². The molecule has 0 atom stereocenters. The topological polar surface area (TPSA) is 55.4 Å². The van der Waals surface area contributed by atoms with Gasteiger partial charge in [-0.2, -0.15) is 0 Å². The highest BCUT2D eigenvalue weighted by atomic mass is 35.5. The second-order valence-corrected chi connectivity index (χ2v) is 3.35. The second-order valence-electron chi connectivity index (χ2n) is 2.95. The van der Waals surface area contributed by atoms with E-state index in [-0.39, 0.29) is 22.7 Å². The molecule has 90 valence electrons. The lowest BCUT2D eigenvalue weighted by molar-refractivity contribution is -0.137. The van der Waals surface area contributed by atoms with Crippen LogP contribution in [0.3, 0.4) is 0 Å². The fourth-order valence-electron chi connectivity index (χ4n) is 1.13. The monoisotopic (exact) mass is 257 g/mol. The third-order valence-corrected chi connectivity index (χ3v) is 2.24. The first-order valence-corrected chi connectivity index (χ1v) is 4.92. The first kappa shape index (κ1) is 13.2. The molecule has 1 rings (SSSR count). The predicted octanol–water partition coefficient (Wildman–Crippen LogP) is 1.74. The van der Waals surface area contributed by atoms with E-state index in [1.807, 2.05) is 0 Å². The van der Waals surface area contributed by atoms with Gasteiger partial charge in [0.2, 0.25) is 6.41 Å². The molecule has 0 saturated heterocycles. The van der Waals surface area contributed by atoms with E-state index in [9.17, 15) is 14.0 Å². The summed E-state index contributed by atoms with van der Waals surface area (Å²) in [5.41, 5.74) is -0.196. The Morgan fingerprint density at radius 3 is 2.76 bits per heavy atom. The van der Waals surface area contributed by atoms with Crippen LogP contribution in [0.1, 0.15) is 5.56 Å². The van der Waals surface area contributed by atoms with Crippen molar-refractivity contribution < 1.29 is 18.7 Å². The summed E-state index contributed by atoms with van der Waals surface area (Å²) in [6.07, 6.45) is 1.40. The number of esters is 1. The molecule has 0 aliphatic rings. The van der Waals surface area contributed by atoms with Crippen LogP contribution in [0.25, 0.3) is 6.08 Å². The van der Waals surface area contributed by atoms with Gasteiger partial charge in [0.1, 0.15) is 11.5 Å². The summed E-state index contributed by atoms with van der Waals surface area (Å²) < 4.78 is 17.8. The zero-order valence-corrected chi connectivity index (χ0v) is 9.62. The van der Waals surface area contributed by atoms with Crippen LogP contribution < -0.4 is 5.32 Å². The number of halogens is 2. The summed E-state index contributed by atoms with van der Waals surface area (Å²) in [6.45, 7) is 0. The number of hydrogen-bond acceptors (Lipinski definition) is 3. The van der Waals surface area contributed by atoms with Crippen molar-refractivity contribution in [3.05, 3.63) is 40.3 Å². The normalized spacial score (nSPS) is 10.9. The smallest absolute Gasteiger partial charge is 0.354 e. The second kappa shape index (κ2) is 6.00. The minimum atomic E-state index is -0.795. The Kier molecular flexibility index (Phi) is 4.66. The summed E-state index contributed by atoms with van der Waals surface area (Å²) in [6, 6.07) is 4.08. The highest BCUT2D eigenvalue weighted by molar-refractivity contribution is 6.32. The number of hydrogen-bond donors (Lipinski definition) is 1. The molecule has 0 unspecified atom stereocenters. The van der Waals surface area contributed by atoms with Crippen molar-refractivity contribution >= 4 is 30.1 Å². The largest absolute Gasteiger partial charge is 0.464 e. The number of methoxy groups -OCH3 is 1. The molecular formula is C11H9ClFNO3. The average molecular weight is 258 g/mol. The molecule has 0 spiro atoms. The van der Waals surface area contributed by atoms with Crippen molar-refractivity contribution in [3.8, 4) is 0 Å². The van der Waals surface area contributed by atoms with E-state index < -0.39 is 11.8 Å². The third-order valence-electron chi connectivity index (χ3n) is 1.91. The molecule has 0 bridgehead atoms. The molecule has 1 aromatic carbocycles. The molecule has 1 aromatic rings. The third kappa shape index (κ3) is 3.29. The molecule has 0 aromatic heterocycles. The number of carbonyl (C=O) groups excluding carboxylic acids is 2. The Hall–Kier alpha value is -1.88. The average Bonchev–Trinajstić information content (AvgIpc) is 2.31. The van der Waals surface area contributed by atoms with Crippen molar-refractivity contribution in [3.63, 3.8) is 0 Å². The lowest BCUT2D eigenvalue weighted by atomic mass is 10.1. The van der Waals surface area contributed by atoms with Gasteiger partial charge in [-0.3, -0.25) is 4.79 Å². The summed E-state index contributed by atoms with van der Waals surface area (Å²) in [4.78, 5) is 21.6. The van der Waals surface area contributed by atoms with Crippen molar-refractivity contribution in [2.45, 2.75) is 0 Å². The Morgan fingerprint density at radius 2 is 2.24 bits per heavy atom. The molecule has 6 heteroatoms. The van der Waals surface area contributed by atoms with Gasteiger partial charge in [-0.05, 0) is 18.2 Å². The minimum absolute atomic E-state index is 0.00363. The van der Waals surface area contributed by atoms with Gasteiger partial charge in [0.05, 0.1) is 12.1 Å². The van der Waals surface area contributed by atoms with E-state index in [0.717, 1.165) is 13.2 Å². The Bertz CT molecular complexity index is 454. The molecule has 4 nitrogen and oxygen atoms in total. The summed E-state index contributed by atoms with van der Waals surface area (Å²) >= 11 is 5.77. The minimum Gasteiger partial charge on any atom is -0.464 e. The van der Waals surface area contributed by atoms with Crippen molar-refractivity contribution in [2.75, 3.05) is 7.11 Å². The summed E-state index contributed by atoms with van der Waals surface area (Å²) in [5, 5.41) is 2.24. The van der Waals surface area contributed by atoms with Crippen LogP contribution >= 0.6 is 11.6 Å². The SMILES string of the molecule is COC(=O)C(=Cc1c(F)cccc1Cl)NC=O. The molecule has 17 heavy (non-hydrogen) atoms. The van der Waals surface area contributed by atoms with Gasteiger partial charge in [0.25, 0.3) is 0 Å². The van der Waals surface area contributed by atoms with E-state index >= 15 is 0 Å². The summed E-state index contributed by atoms with van der Waals surface area (Å²) in [5.74, 6) is -1.40. The maximum absolute atomic E-state index is 13.4. The number of ether oxygens (including phenoxy) is 1. The predicted molar refractivity (Wildman–Crippen MR) is 60.6 cm³/mol. The molecular weight excluding hydrogens is 249 g/mol. The van der Waals surface area contributed by atoms with Crippen LogP contribution in [0.5, 0.6) is 0 Å². The van der Waals surface area contributed by atoms with Crippen LogP contribution in [0.2, 0.25) is 5.02 Å². The number of benzene rings is 1. The Morgan fingerprint density at radius 1 is 1.53 bits per heavy atom. The maximum atomic E-state index is 13.4. The summed E-state index contributed by atoms with van der Waals surface area (Å²) in [7, 11) is 1.14. The van der Waals surface area contributed by atoms with Crippen molar-refractivity contribution in [2.24, 2.45) is 0 Å². The molecule has 0 aliphatic carbocycles. The lowest BCUT2D eigenvalue weighted by Crippen LogP contribution is -2.19. The van der Waals surface area contributed by atoms with Gasteiger partial charge >= 0.3 is 5.97 Å². The van der Waals surface area contributed by atoms with Crippen LogP contribution in [0, 0.1) is 5.82 Å². The standard InChI is InChI=1S/C11H9ClFNO3/c1-17-11(16)10(14-6-15)5-7-8(12)3-2-4-9(7)13/h2-6H,1H3,(H,14,15). The molecule has 0 saturated carbocycles. The fourth-order valence-corrected chi connectivity index (χ4v) is 1.34. The van der Waals surface area contributed by atoms with E-state index in [0.29, 0.717) is 0 Å². The molecule has 0 fully saturated rings. The lowest BCUT2D eigenvalue weighted by Gasteiger charge is -2.05. The van der Waals surface area contributed by atoms with Crippen LogP contribution in [0.15, 0.2) is 23.9 Å². The van der Waals surface area contributed by atoms with Crippen molar-refractivity contribution in [1.82, 2.24) is 5.32 Å². The molecule has 0 heterocycles. The van der Waals surface area contributed by atoms with Gasteiger partial charge in [-0.25, -0.2) is 9.18 Å². The molecule has 0 aliphatic heterocycles. The first-order valence-electron chi connectivity index (χ1n) is 4.54. The zero-order chi connectivity index (χ0) is 12.8. The van der Waals surface area contributed by atoms with E-state index in [2.05, 4.69) is 10.1 Å². The van der Waals surface area contributed by atoms with Crippen LogP contribution in [-0.2, 0) is 14.3 Å². The van der Waals surface area contributed by atoms with Crippen LogP contribution in [-0.4, -0.2) is 19.5 Å². The number of rotatable bonds is 4.